The summed E-state index contributed by atoms with van der Waals surface area (Å²) in [5.74, 6) is 0.0848. The first-order valence-electron chi connectivity index (χ1n) is 6.88. The van der Waals surface area contributed by atoms with Crippen molar-refractivity contribution in [1.29, 1.82) is 0 Å². The summed E-state index contributed by atoms with van der Waals surface area (Å²) in [6.45, 7) is 6.71. The lowest BCUT2D eigenvalue weighted by molar-refractivity contribution is -0.121. The van der Waals surface area contributed by atoms with Gasteiger partial charge in [0, 0.05) is 23.5 Å². The highest BCUT2D eigenvalue weighted by Gasteiger charge is 2.13. The van der Waals surface area contributed by atoms with Crippen LogP contribution in [-0.2, 0) is 11.2 Å². The summed E-state index contributed by atoms with van der Waals surface area (Å²) in [7, 11) is 0. The fraction of sp³-hybridized carbons (Fsp3) is 0.467. The summed E-state index contributed by atoms with van der Waals surface area (Å²) in [6, 6.07) is 6.25. The summed E-state index contributed by atoms with van der Waals surface area (Å²) in [4.78, 5) is 13.2. The fourth-order valence-corrected chi connectivity index (χ4v) is 3.01. The van der Waals surface area contributed by atoms with Gasteiger partial charge in [-0.15, -0.1) is 11.3 Å². The number of aryl methyl sites for hydroxylation is 2. The Hall–Kier alpha value is -1.62. The average Bonchev–Trinajstić information content (AvgIpc) is 2.99. The number of nitrogens with one attached hydrogen (secondary N) is 1. The molecule has 5 heteroatoms. The molecule has 1 N–H and O–H groups in total. The molecule has 20 heavy (non-hydrogen) atoms. The molecule has 1 amide bonds. The third-order valence-electron chi connectivity index (χ3n) is 3.22. The van der Waals surface area contributed by atoms with E-state index >= 15 is 0 Å². The molecule has 0 fully saturated rings. The number of thiophene rings is 1. The maximum atomic E-state index is 11.9. The zero-order valence-corrected chi connectivity index (χ0v) is 13.0. The third kappa shape index (κ3) is 3.93. The van der Waals surface area contributed by atoms with E-state index in [1.54, 1.807) is 11.3 Å². The van der Waals surface area contributed by atoms with Crippen LogP contribution < -0.4 is 5.32 Å². The predicted octanol–water partition coefficient (Wildman–Crippen LogP) is 2.87. The summed E-state index contributed by atoms with van der Waals surface area (Å²) in [5.41, 5.74) is 2.09. The van der Waals surface area contributed by atoms with Gasteiger partial charge in [0.25, 0.3) is 0 Å². The number of nitrogens with zero attached hydrogens (tertiary/aromatic N) is 2. The molecule has 1 atom stereocenters. The highest BCUT2D eigenvalue weighted by atomic mass is 32.1. The lowest BCUT2D eigenvalue weighted by Gasteiger charge is -2.14. The molecular weight excluding hydrogens is 270 g/mol. The van der Waals surface area contributed by atoms with Gasteiger partial charge in [-0.05, 0) is 44.7 Å². The summed E-state index contributed by atoms with van der Waals surface area (Å²) < 4.78 is 1.92. The Morgan fingerprint density at radius 1 is 1.50 bits per heavy atom. The maximum absolute atomic E-state index is 11.9. The van der Waals surface area contributed by atoms with Gasteiger partial charge in [-0.1, -0.05) is 6.07 Å². The third-order valence-corrected chi connectivity index (χ3v) is 4.15. The molecule has 2 rings (SSSR count). The minimum Gasteiger partial charge on any atom is -0.356 e. The van der Waals surface area contributed by atoms with Crippen LogP contribution in [0.1, 0.15) is 35.7 Å². The molecule has 2 aromatic heterocycles. The number of amides is 1. The zero-order valence-electron chi connectivity index (χ0n) is 12.2. The second-order valence-electron chi connectivity index (χ2n) is 5.10. The second kappa shape index (κ2) is 6.70. The van der Waals surface area contributed by atoms with Crippen molar-refractivity contribution in [3.05, 3.63) is 39.8 Å². The molecule has 0 bridgehead atoms. The smallest absolute Gasteiger partial charge is 0.222 e. The summed E-state index contributed by atoms with van der Waals surface area (Å²) in [5, 5.41) is 9.45. The van der Waals surface area contributed by atoms with Crippen molar-refractivity contribution < 1.29 is 4.79 Å². The fourth-order valence-electron chi connectivity index (χ4n) is 2.30. The lowest BCUT2D eigenvalue weighted by atomic mass is 10.2. The van der Waals surface area contributed by atoms with E-state index in [1.165, 1.54) is 4.88 Å². The molecule has 0 spiro atoms. The van der Waals surface area contributed by atoms with E-state index < -0.39 is 0 Å². The molecule has 0 unspecified atom stereocenters. The Morgan fingerprint density at radius 3 is 2.90 bits per heavy atom. The van der Waals surface area contributed by atoms with E-state index in [-0.39, 0.29) is 11.9 Å². The standard InChI is InChI=1S/C15H21N3OS/c1-11-9-12(2)18(17-11)13(3)10-15(19)16-7-6-14-5-4-8-20-14/h4-5,8-9,13H,6-7,10H2,1-3H3,(H,16,19)/t13-/m0/s1. The minimum atomic E-state index is 0.0848. The van der Waals surface area contributed by atoms with Crippen molar-refractivity contribution in [1.82, 2.24) is 15.1 Å². The average molecular weight is 291 g/mol. The molecule has 0 aliphatic carbocycles. The Labute approximate surface area is 123 Å². The Morgan fingerprint density at radius 2 is 2.30 bits per heavy atom. The molecule has 0 aliphatic heterocycles. The molecule has 0 aliphatic rings. The van der Waals surface area contributed by atoms with Gasteiger partial charge >= 0.3 is 0 Å². The number of rotatable bonds is 6. The molecule has 0 saturated carbocycles. The number of hydrogen-bond acceptors (Lipinski definition) is 3. The highest BCUT2D eigenvalue weighted by molar-refractivity contribution is 7.09. The summed E-state index contributed by atoms with van der Waals surface area (Å²) >= 11 is 1.72. The molecule has 2 aromatic rings. The van der Waals surface area contributed by atoms with Gasteiger partial charge in [0.2, 0.25) is 5.91 Å². The highest BCUT2D eigenvalue weighted by Crippen LogP contribution is 2.14. The normalized spacial score (nSPS) is 12.3. The van der Waals surface area contributed by atoms with Crippen LogP contribution >= 0.6 is 11.3 Å². The molecule has 108 valence electrons. The van der Waals surface area contributed by atoms with Crippen molar-refractivity contribution in [2.24, 2.45) is 0 Å². The lowest BCUT2D eigenvalue weighted by Crippen LogP contribution is -2.28. The van der Waals surface area contributed by atoms with Crippen LogP contribution in [0.3, 0.4) is 0 Å². The van der Waals surface area contributed by atoms with Crippen LogP contribution in [-0.4, -0.2) is 22.2 Å². The number of hydrogen-bond donors (Lipinski definition) is 1. The zero-order chi connectivity index (χ0) is 14.5. The molecule has 2 heterocycles. The van der Waals surface area contributed by atoms with Gasteiger partial charge < -0.3 is 5.32 Å². The number of carbonyl (C=O) groups is 1. The van der Waals surface area contributed by atoms with Gasteiger partial charge in [0.15, 0.2) is 0 Å². The van der Waals surface area contributed by atoms with Gasteiger partial charge in [-0.25, -0.2) is 0 Å². The van der Waals surface area contributed by atoms with Crippen molar-refractivity contribution in [3.8, 4) is 0 Å². The Bertz CT molecular complexity index is 560. The van der Waals surface area contributed by atoms with Crippen LogP contribution in [0.5, 0.6) is 0 Å². The molecule has 0 radical (unpaired) electrons. The van der Waals surface area contributed by atoms with Gasteiger partial charge in [-0.2, -0.15) is 5.10 Å². The minimum absolute atomic E-state index is 0.0848. The van der Waals surface area contributed by atoms with Gasteiger partial charge in [0.05, 0.1) is 11.7 Å². The van der Waals surface area contributed by atoms with Gasteiger partial charge in [0.1, 0.15) is 0 Å². The van der Waals surface area contributed by atoms with E-state index in [1.807, 2.05) is 37.6 Å². The van der Waals surface area contributed by atoms with Gasteiger partial charge in [-0.3, -0.25) is 9.48 Å². The van der Waals surface area contributed by atoms with Crippen LogP contribution in [0, 0.1) is 13.8 Å². The van der Waals surface area contributed by atoms with Crippen LogP contribution in [0.25, 0.3) is 0 Å². The van der Waals surface area contributed by atoms with E-state index in [4.69, 9.17) is 0 Å². The second-order valence-corrected chi connectivity index (χ2v) is 6.14. The van der Waals surface area contributed by atoms with E-state index in [9.17, 15) is 4.79 Å². The summed E-state index contributed by atoms with van der Waals surface area (Å²) in [6.07, 6.45) is 1.37. The maximum Gasteiger partial charge on any atom is 0.222 e. The quantitative estimate of drug-likeness (QED) is 0.889. The largest absolute Gasteiger partial charge is 0.356 e. The SMILES string of the molecule is Cc1cc(C)n([C@@H](C)CC(=O)NCCc2cccs2)n1. The predicted molar refractivity (Wildman–Crippen MR) is 82.1 cm³/mol. The van der Waals surface area contributed by atoms with Crippen LogP contribution in [0.4, 0.5) is 0 Å². The van der Waals surface area contributed by atoms with Crippen molar-refractivity contribution in [2.75, 3.05) is 6.54 Å². The molecule has 0 aromatic carbocycles. The van der Waals surface area contributed by atoms with E-state index in [0.29, 0.717) is 13.0 Å². The monoisotopic (exact) mass is 291 g/mol. The number of carbonyl (C=O) groups excluding carboxylic acids is 1. The van der Waals surface area contributed by atoms with Crippen molar-refractivity contribution in [3.63, 3.8) is 0 Å². The molecule has 0 saturated heterocycles. The van der Waals surface area contributed by atoms with Crippen LogP contribution in [0.15, 0.2) is 23.6 Å². The van der Waals surface area contributed by atoms with Crippen molar-refractivity contribution >= 4 is 17.2 Å². The molecule has 4 nitrogen and oxygen atoms in total. The van der Waals surface area contributed by atoms with E-state index in [0.717, 1.165) is 17.8 Å². The van der Waals surface area contributed by atoms with Crippen molar-refractivity contribution in [2.45, 2.75) is 39.7 Å². The topological polar surface area (TPSA) is 46.9 Å². The molecular formula is C15H21N3OS. The van der Waals surface area contributed by atoms with E-state index in [2.05, 4.69) is 21.9 Å². The first kappa shape index (κ1) is 14.8. The first-order chi connectivity index (χ1) is 9.56. The Kier molecular flexibility index (Phi) is 4.95. The number of aromatic nitrogens is 2. The first-order valence-corrected chi connectivity index (χ1v) is 7.76. The Balaban J connectivity index is 1.77. The van der Waals surface area contributed by atoms with Crippen LogP contribution in [0.2, 0.25) is 0 Å².